The van der Waals surface area contributed by atoms with Crippen LogP contribution in [-0.4, -0.2) is 72.5 Å². The van der Waals surface area contributed by atoms with Gasteiger partial charge in [-0.3, -0.25) is 4.90 Å². The van der Waals surface area contributed by atoms with Crippen molar-refractivity contribution < 1.29 is 22.6 Å². The Balaban J connectivity index is 1.93. The van der Waals surface area contributed by atoms with Gasteiger partial charge >= 0.3 is 0 Å². The molecule has 1 aromatic rings. The second-order valence-corrected chi connectivity index (χ2v) is 9.03. The molecule has 2 rings (SSSR count). The van der Waals surface area contributed by atoms with Gasteiger partial charge in [0.2, 0.25) is 10.0 Å². The number of ether oxygens (including phenoxy) is 3. The predicted molar refractivity (Wildman–Crippen MR) is 105 cm³/mol. The maximum Gasteiger partial charge on any atom is 0.240 e. The minimum absolute atomic E-state index is 0.134. The quantitative estimate of drug-likeness (QED) is 0.602. The summed E-state index contributed by atoms with van der Waals surface area (Å²) in [6, 6.07) is 4.86. The lowest BCUT2D eigenvalue weighted by molar-refractivity contribution is -0.0280. The highest BCUT2D eigenvalue weighted by atomic mass is 32.2. The zero-order chi connectivity index (χ0) is 19.9. The van der Waals surface area contributed by atoms with Crippen LogP contribution in [0.15, 0.2) is 23.1 Å². The normalized spacial score (nSPS) is 18.8. The molecule has 0 amide bonds. The summed E-state index contributed by atoms with van der Waals surface area (Å²) in [5, 5.41) is 0. The van der Waals surface area contributed by atoms with E-state index >= 15 is 0 Å². The largest absolute Gasteiger partial charge is 0.491 e. The average Bonchev–Trinajstić information content (AvgIpc) is 2.61. The topological polar surface area (TPSA) is 77.1 Å². The Kier molecular flexibility index (Phi) is 8.50. The molecule has 27 heavy (non-hydrogen) atoms. The second-order valence-electron chi connectivity index (χ2n) is 7.27. The van der Waals surface area contributed by atoms with Crippen LogP contribution < -0.4 is 9.46 Å². The van der Waals surface area contributed by atoms with Gasteiger partial charge in [-0.25, -0.2) is 13.1 Å². The number of hydrogen-bond acceptors (Lipinski definition) is 6. The van der Waals surface area contributed by atoms with Crippen LogP contribution in [-0.2, 0) is 19.5 Å². The minimum atomic E-state index is -3.59. The molecule has 1 N–H and O–H groups in total. The molecule has 1 atom stereocenters. The molecular weight excluding hydrogens is 368 g/mol. The molecule has 1 heterocycles. The monoisotopic (exact) mass is 400 g/mol. The van der Waals surface area contributed by atoms with E-state index in [1.165, 1.54) is 0 Å². The number of methoxy groups -OCH3 is 1. The number of rotatable bonds is 10. The Bertz CT molecular complexity index is 693. The van der Waals surface area contributed by atoms with Crippen LogP contribution in [0.1, 0.15) is 19.4 Å². The fraction of sp³-hybridized carbons (Fsp3) is 0.684. The van der Waals surface area contributed by atoms with Gasteiger partial charge in [0.05, 0.1) is 24.2 Å². The van der Waals surface area contributed by atoms with Crippen molar-refractivity contribution in [1.29, 1.82) is 0 Å². The molecule has 0 aliphatic carbocycles. The second kappa shape index (κ2) is 10.4. The van der Waals surface area contributed by atoms with E-state index in [0.29, 0.717) is 31.5 Å². The summed E-state index contributed by atoms with van der Waals surface area (Å²) >= 11 is 0. The predicted octanol–water partition coefficient (Wildman–Crippen LogP) is 1.66. The molecule has 1 fully saturated rings. The minimum Gasteiger partial charge on any atom is -0.491 e. The van der Waals surface area contributed by atoms with Crippen molar-refractivity contribution in [3.63, 3.8) is 0 Å². The van der Waals surface area contributed by atoms with Crippen LogP contribution in [0.5, 0.6) is 5.75 Å². The standard InChI is InChI=1S/C19H32N2O5S/c1-15(2)13-21-7-8-25-17(14-21)12-20-27(22,23)18-5-6-19(16(3)11-18)26-10-9-24-4/h5-6,11,15,17,20H,7-10,12-14H2,1-4H3. The maximum absolute atomic E-state index is 12.6. The Labute approximate surface area is 163 Å². The number of aryl methyl sites for hydroxylation is 1. The summed E-state index contributed by atoms with van der Waals surface area (Å²) in [7, 11) is -1.99. The molecule has 1 aliphatic rings. The summed E-state index contributed by atoms with van der Waals surface area (Å²) in [5.41, 5.74) is 0.769. The Morgan fingerprint density at radius 2 is 2.11 bits per heavy atom. The number of benzene rings is 1. The van der Waals surface area contributed by atoms with Gasteiger partial charge in [-0.05, 0) is 36.6 Å². The lowest BCUT2D eigenvalue weighted by atomic mass is 10.2. The number of nitrogens with one attached hydrogen (secondary N) is 1. The van der Waals surface area contributed by atoms with Crippen LogP contribution in [0.2, 0.25) is 0 Å². The molecule has 1 aliphatic heterocycles. The molecule has 1 aromatic carbocycles. The van der Waals surface area contributed by atoms with Crippen LogP contribution >= 0.6 is 0 Å². The summed E-state index contributed by atoms with van der Waals surface area (Å²) < 4.78 is 44.2. The summed E-state index contributed by atoms with van der Waals surface area (Å²) in [6.45, 7) is 10.6. The number of hydrogen-bond donors (Lipinski definition) is 1. The van der Waals surface area contributed by atoms with E-state index in [-0.39, 0.29) is 17.5 Å². The first-order valence-corrected chi connectivity index (χ1v) is 10.9. The van der Waals surface area contributed by atoms with E-state index in [1.807, 2.05) is 6.92 Å². The van der Waals surface area contributed by atoms with E-state index in [2.05, 4.69) is 23.5 Å². The van der Waals surface area contributed by atoms with Crippen LogP contribution in [0, 0.1) is 12.8 Å². The van der Waals surface area contributed by atoms with Gasteiger partial charge < -0.3 is 14.2 Å². The Morgan fingerprint density at radius 3 is 2.78 bits per heavy atom. The van der Waals surface area contributed by atoms with Crippen molar-refractivity contribution in [1.82, 2.24) is 9.62 Å². The summed E-state index contributed by atoms with van der Waals surface area (Å²) in [5.74, 6) is 1.24. The maximum atomic E-state index is 12.6. The van der Waals surface area contributed by atoms with E-state index in [9.17, 15) is 8.42 Å². The van der Waals surface area contributed by atoms with Gasteiger partial charge in [-0.1, -0.05) is 13.8 Å². The molecule has 0 aromatic heterocycles. The average molecular weight is 401 g/mol. The Morgan fingerprint density at radius 1 is 1.33 bits per heavy atom. The van der Waals surface area contributed by atoms with Crippen molar-refractivity contribution in [3.05, 3.63) is 23.8 Å². The first-order valence-electron chi connectivity index (χ1n) is 9.38. The number of nitrogens with zero attached hydrogens (tertiary/aromatic N) is 1. The molecule has 0 bridgehead atoms. The molecule has 1 saturated heterocycles. The van der Waals surface area contributed by atoms with Gasteiger partial charge in [-0.2, -0.15) is 0 Å². The molecule has 8 heteroatoms. The zero-order valence-electron chi connectivity index (χ0n) is 16.7. The fourth-order valence-corrected chi connectivity index (χ4v) is 4.21. The van der Waals surface area contributed by atoms with Crippen molar-refractivity contribution in [2.24, 2.45) is 5.92 Å². The number of sulfonamides is 1. The van der Waals surface area contributed by atoms with Crippen LogP contribution in [0.3, 0.4) is 0 Å². The third-order valence-corrected chi connectivity index (χ3v) is 5.77. The van der Waals surface area contributed by atoms with Gasteiger partial charge in [0.1, 0.15) is 12.4 Å². The van der Waals surface area contributed by atoms with Gasteiger partial charge in [0.15, 0.2) is 0 Å². The van der Waals surface area contributed by atoms with Crippen LogP contribution in [0.4, 0.5) is 0 Å². The van der Waals surface area contributed by atoms with Crippen molar-refractivity contribution in [2.75, 3.05) is 53.1 Å². The van der Waals surface area contributed by atoms with E-state index in [4.69, 9.17) is 14.2 Å². The summed E-state index contributed by atoms with van der Waals surface area (Å²) in [6.07, 6.45) is -0.134. The van der Waals surface area contributed by atoms with Gasteiger partial charge in [-0.15, -0.1) is 0 Å². The highest BCUT2D eigenvalue weighted by Crippen LogP contribution is 2.22. The molecule has 7 nitrogen and oxygen atoms in total. The lowest BCUT2D eigenvalue weighted by Gasteiger charge is -2.33. The zero-order valence-corrected chi connectivity index (χ0v) is 17.5. The Hall–Kier alpha value is -1.19. The molecule has 154 valence electrons. The number of morpholine rings is 1. The van der Waals surface area contributed by atoms with Gasteiger partial charge in [0, 0.05) is 33.3 Å². The molecule has 0 spiro atoms. The fourth-order valence-electron chi connectivity index (χ4n) is 3.06. The highest BCUT2D eigenvalue weighted by Gasteiger charge is 2.23. The molecule has 0 saturated carbocycles. The van der Waals surface area contributed by atoms with Crippen molar-refractivity contribution >= 4 is 10.0 Å². The van der Waals surface area contributed by atoms with Crippen molar-refractivity contribution in [3.8, 4) is 5.75 Å². The highest BCUT2D eigenvalue weighted by molar-refractivity contribution is 7.89. The molecule has 1 unspecified atom stereocenters. The van der Waals surface area contributed by atoms with E-state index in [1.54, 1.807) is 25.3 Å². The lowest BCUT2D eigenvalue weighted by Crippen LogP contribution is -2.48. The van der Waals surface area contributed by atoms with E-state index in [0.717, 1.165) is 25.2 Å². The third kappa shape index (κ3) is 7.04. The molecular formula is C19H32N2O5S. The third-order valence-electron chi connectivity index (χ3n) is 4.35. The van der Waals surface area contributed by atoms with Crippen molar-refractivity contribution in [2.45, 2.75) is 31.8 Å². The summed E-state index contributed by atoms with van der Waals surface area (Å²) in [4.78, 5) is 2.55. The van der Waals surface area contributed by atoms with E-state index < -0.39 is 10.0 Å². The first kappa shape index (κ1) is 22.1. The SMILES string of the molecule is COCCOc1ccc(S(=O)(=O)NCC2CN(CC(C)C)CCO2)cc1C. The first-order chi connectivity index (χ1) is 12.8. The smallest absolute Gasteiger partial charge is 0.240 e. The van der Waals surface area contributed by atoms with Crippen LogP contribution in [0.25, 0.3) is 0 Å². The molecule has 0 radical (unpaired) electrons. The van der Waals surface area contributed by atoms with Gasteiger partial charge in [0.25, 0.3) is 0 Å².